The number of ether oxygens (including phenoxy) is 4. The maximum Gasteiger partial charge on any atom is 0.231 e. The van der Waals surface area contributed by atoms with Gasteiger partial charge in [-0.1, -0.05) is 36.4 Å². The third-order valence-electron chi connectivity index (χ3n) is 4.97. The molecule has 1 N–H and O–H groups in total. The van der Waals surface area contributed by atoms with Crippen molar-refractivity contribution in [2.24, 2.45) is 0 Å². The minimum Gasteiger partial charge on any atom is -0.493 e. The van der Waals surface area contributed by atoms with Crippen molar-refractivity contribution in [3.63, 3.8) is 0 Å². The molecule has 0 spiro atoms. The van der Waals surface area contributed by atoms with Crippen LogP contribution in [0.2, 0.25) is 0 Å². The van der Waals surface area contributed by atoms with Gasteiger partial charge in [0, 0.05) is 13.1 Å². The van der Waals surface area contributed by atoms with Crippen LogP contribution in [0.4, 0.5) is 0 Å². The van der Waals surface area contributed by atoms with E-state index in [1.165, 1.54) is 11.1 Å². The Morgan fingerprint density at radius 2 is 1.62 bits per heavy atom. The fourth-order valence-corrected chi connectivity index (χ4v) is 3.27. The summed E-state index contributed by atoms with van der Waals surface area (Å²) in [5.41, 5.74) is 4.67. The van der Waals surface area contributed by atoms with Crippen molar-refractivity contribution in [2.45, 2.75) is 26.6 Å². The molecule has 3 aromatic carbocycles. The number of hydrogen-bond donors (Lipinski definition) is 1. The molecule has 5 heteroatoms. The van der Waals surface area contributed by atoms with Crippen LogP contribution in [0.1, 0.15) is 22.3 Å². The number of hydrogen-bond acceptors (Lipinski definition) is 5. The molecule has 0 amide bonds. The lowest BCUT2D eigenvalue weighted by atomic mass is 10.1. The lowest BCUT2D eigenvalue weighted by molar-refractivity contribution is 0.174. The van der Waals surface area contributed by atoms with Crippen LogP contribution in [0.25, 0.3) is 0 Å². The predicted molar refractivity (Wildman–Crippen MR) is 112 cm³/mol. The summed E-state index contributed by atoms with van der Waals surface area (Å²) in [4.78, 5) is 0. The Balaban J connectivity index is 1.34. The minimum atomic E-state index is 0.296. The van der Waals surface area contributed by atoms with E-state index in [1.807, 2.05) is 42.5 Å². The number of benzene rings is 3. The maximum absolute atomic E-state index is 6.00. The highest BCUT2D eigenvalue weighted by molar-refractivity contribution is 5.45. The van der Waals surface area contributed by atoms with E-state index in [0.717, 1.165) is 47.2 Å². The van der Waals surface area contributed by atoms with Gasteiger partial charge >= 0.3 is 0 Å². The molecule has 0 saturated heterocycles. The number of methoxy groups -OCH3 is 1. The SMILES string of the molecule is COc1cc(CNCc2ccc3c(c2)OCO3)ccc1OCc1ccccc1C. The van der Waals surface area contributed by atoms with Gasteiger partial charge in [0.2, 0.25) is 6.79 Å². The van der Waals surface area contributed by atoms with E-state index in [4.69, 9.17) is 18.9 Å². The summed E-state index contributed by atoms with van der Waals surface area (Å²) in [6.07, 6.45) is 0. The van der Waals surface area contributed by atoms with Crippen molar-refractivity contribution in [1.29, 1.82) is 0 Å². The molecule has 0 bridgehead atoms. The molecular weight excluding hydrogens is 366 g/mol. The molecule has 0 fully saturated rings. The van der Waals surface area contributed by atoms with Gasteiger partial charge in [-0.05, 0) is 53.4 Å². The Labute approximate surface area is 171 Å². The van der Waals surface area contributed by atoms with Crippen LogP contribution in [0.3, 0.4) is 0 Å². The molecule has 0 radical (unpaired) electrons. The Kier molecular flexibility index (Phi) is 5.86. The van der Waals surface area contributed by atoms with E-state index in [2.05, 4.69) is 30.4 Å². The van der Waals surface area contributed by atoms with Gasteiger partial charge in [-0.15, -0.1) is 0 Å². The summed E-state index contributed by atoms with van der Waals surface area (Å²) in [6.45, 7) is 4.37. The summed E-state index contributed by atoms with van der Waals surface area (Å²) in [7, 11) is 1.67. The first-order chi connectivity index (χ1) is 14.2. The summed E-state index contributed by atoms with van der Waals surface area (Å²) >= 11 is 0. The monoisotopic (exact) mass is 391 g/mol. The lowest BCUT2D eigenvalue weighted by Gasteiger charge is -2.14. The van der Waals surface area contributed by atoms with Gasteiger partial charge in [0.15, 0.2) is 23.0 Å². The van der Waals surface area contributed by atoms with Gasteiger partial charge in [0.05, 0.1) is 7.11 Å². The second-order valence-corrected chi connectivity index (χ2v) is 6.99. The zero-order chi connectivity index (χ0) is 20.1. The Hall–Kier alpha value is -3.18. The van der Waals surface area contributed by atoms with Gasteiger partial charge in [0.1, 0.15) is 6.61 Å². The fourth-order valence-electron chi connectivity index (χ4n) is 3.27. The van der Waals surface area contributed by atoms with Crippen LogP contribution in [-0.2, 0) is 19.7 Å². The number of fused-ring (bicyclic) bond motifs is 1. The molecule has 4 rings (SSSR count). The van der Waals surface area contributed by atoms with Crippen LogP contribution in [0.5, 0.6) is 23.0 Å². The van der Waals surface area contributed by atoms with Crippen LogP contribution < -0.4 is 24.3 Å². The largest absolute Gasteiger partial charge is 0.493 e. The first-order valence-electron chi connectivity index (χ1n) is 9.66. The molecule has 0 atom stereocenters. The number of nitrogens with one attached hydrogen (secondary N) is 1. The van der Waals surface area contributed by atoms with Crippen molar-refractivity contribution in [1.82, 2.24) is 5.32 Å². The van der Waals surface area contributed by atoms with Crippen molar-refractivity contribution < 1.29 is 18.9 Å². The van der Waals surface area contributed by atoms with Crippen LogP contribution in [0, 0.1) is 6.92 Å². The highest BCUT2D eigenvalue weighted by Gasteiger charge is 2.13. The van der Waals surface area contributed by atoms with Gasteiger partial charge in [0.25, 0.3) is 0 Å². The van der Waals surface area contributed by atoms with E-state index in [9.17, 15) is 0 Å². The fraction of sp³-hybridized carbons (Fsp3) is 0.250. The second kappa shape index (κ2) is 8.88. The van der Waals surface area contributed by atoms with Crippen molar-refractivity contribution in [3.8, 4) is 23.0 Å². The predicted octanol–water partition coefficient (Wildman–Crippen LogP) is 4.60. The smallest absolute Gasteiger partial charge is 0.231 e. The quantitative estimate of drug-likeness (QED) is 0.608. The van der Waals surface area contributed by atoms with Gasteiger partial charge in [-0.25, -0.2) is 0 Å². The molecular formula is C24H25NO4. The van der Waals surface area contributed by atoms with Crippen molar-refractivity contribution in [2.75, 3.05) is 13.9 Å². The summed E-state index contributed by atoms with van der Waals surface area (Å²) < 4.78 is 22.3. The summed E-state index contributed by atoms with van der Waals surface area (Å²) in [5, 5.41) is 3.45. The maximum atomic E-state index is 6.00. The molecule has 5 nitrogen and oxygen atoms in total. The van der Waals surface area contributed by atoms with Gasteiger partial charge in [-0.3, -0.25) is 0 Å². The molecule has 150 valence electrons. The number of rotatable bonds is 8. The summed E-state index contributed by atoms with van der Waals surface area (Å²) in [6, 6.07) is 20.3. The zero-order valence-electron chi connectivity index (χ0n) is 16.7. The van der Waals surface area contributed by atoms with E-state index >= 15 is 0 Å². The average molecular weight is 391 g/mol. The van der Waals surface area contributed by atoms with Crippen molar-refractivity contribution in [3.05, 3.63) is 82.9 Å². The first-order valence-corrected chi connectivity index (χ1v) is 9.66. The molecule has 0 saturated carbocycles. The van der Waals surface area contributed by atoms with Gasteiger partial charge < -0.3 is 24.3 Å². The van der Waals surface area contributed by atoms with E-state index in [0.29, 0.717) is 13.4 Å². The first kappa shape index (κ1) is 19.2. The summed E-state index contributed by atoms with van der Waals surface area (Å²) in [5.74, 6) is 3.09. The van der Waals surface area contributed by atoms with Gasteiger partial charge in [-0.2, -0.15) is 0 Å². The van der Waals surface area contributed by atoms with Crippen LogP contribution >= 0.6 is 0 Å². The Morgan fingerprint density at radius 3 is 2.45 bits per heavy atom. The third kappa shape index (κ3) is 4.63. The van der Waals surface area contributed by atoms with Crippen LogP contribution in [0.15, 0.2) is 60.7 Å². The molecule has 0 aliphatic carbocycles. The zero-order valence-corrected chi connectivity index (χ0v) is 16.7. The average Bonchev–Trinajstić information content (AvgIpc) is 3.21. The third-order valence-corrected chi connectivity index (χ3v) is 4.97. The number of aryl methyl sites for hydroxylation is 1. The standard InChI is InChI=1S/C24H25NO4/c1-17-5-3-4-6-20(17)15-27-21-9-7-18(11-23(21)26-2)13-25-14-19-8-10-22-24(12-19)29-16-28-22/h3-12,25H,13-16H2,1-2H3. The molecule has 29 heavy (non-hydrogen) atoms. The van der Waals surface area contributed by atoms with Crippen molar-refractivity contribution >= 4 is 0 Å². The highest BCUT2D eigenvalue weighted by Crippen LogP contribution is 2.32. The van der Waals surface area contributed by atoms with E-state index < -0.39 is 0 Å². The molecule has 0 aromatic heterocycles. The molecule has 1 heterocycles. The normalized spacial score (nSPS) is 12.1. The molecule has 1 aliphatic heterocycles. The van der Waals surface area contributed by atoms with E-state index in [-0.39, 0.29) is 0 Å². The molecule has 1 aliphatic rings. The van der Waals surface area contributed by atoms with E-state index in [1.54, 1.807) is 7.11 Å². The lowest BCUT2D eigenvalue weighted by Crippen LogP contribution is -2.12. The topological polar surface area (TPSA) is 49.0 Å². The van der Waals surface area contributed by atoms with Crippen LogP contribution in [-0.4, -0.2) is 13.9 Å². The minimum absolute atomic E-state index is 0.296. The Morgan fingerprint density at radius 1 is 0.862 bits per heavy atom. The molecule has 3 aromatic rings. The second-order valence-electron chi connectivity index (χ2n) is 6.99. The Bertz CT molecular complexity index is 986. The highest BCUT2D eigenvalue weighted by atomic mass is 16.7. The molecule has 0 unspecified atom stereocenters.